The van der Waals surface area contributed by atoms with E-state index >= 15 is 0 Å². The average Bonchev–Trinajstić information content (AvgIpc) is 2.87. The van der Waals surface area contributed by atoms with Crippen molar-refractivity contribution < 1.29 is 9.32 Å². The van der Waals surface area contributed by atoms with Crippen LogP contribution in [0, 0.1) is 6.92 Å². The first-order valence-electron chi connectivity index (χ1n) is 4.39. The van der Waals surface area contributed by atoms with E-state index in [9.17, 15) is 4.79 Å². The topological polar surface area (TPSA) is 46.3 Å². The summed E-state index contributed by atoms with van der Waals surface area (Å²) in [4.78, 5) is 13.4. The van der Waals surface area contributed by atoms with Gasteiger partial charge in [-0.2, -0.15) is 0 Å². The Morgan fingerprint density at radius 1 is 1.69 bits per heavy atom. The van der Waals surface area contributed by atoms with Crippen molar-refractivity contribution in [1.29, 1.82) is 0 Å². The number of aromatic nitrogens is 1. The zero-order valence-corrected chi connectivity index (χ0v) is 7.78. The van der Waals surface area contributed by atoms with Crippen molar-refractivity contribution in [2.24, 2.45) is 0 Å². The van der Waals surface area contributed by atoms with Crippen LogP contribution in [0.25, 0.3) is 0 Å². The SMILES string of the molecule is Cc1cc(C(=O)N(C)C2CC2)no1. The van der Waals surface area contributed by atoms with Gasteiger partial charge in [-0.25, -0.2) is 0 Å². The molecule has 1 amide bonds. The first-order chi connectivity index (χ1) is 6.18. The standard InChI is InChI=1S/C9H12N2O2/c1-6-5-8(10-13-6)9(12)11(2)7-3-4-7/h5,7H,3-4H2,1-2H3. The molecule has 2 rings (SSSR count). The number of rotatable bonds is 2. The molecule has 1 heterocycles. The van der Waals surface area contributed by atoms with Crippen LogP contribution in [0.15, 0.2) is 10.6 Å². The van der Waals surface area contributed by atoms with E-state index in [0.717, 1.165) is 12.8 Å². The lowest BCUT2D eigenvalue weighted by Crippen LogP contribution is -2.28. The molecular weight excluding hydrogens is 168 g/mol. The Bertz CT molecular complexity index is 328. The number of aryl methyl sites for hydroxylation is 1. The number of amides is 1. The van der Waals surface area contributed by atoms with E-state index in [1.807, 2.05) is 7.05 Å². The molecule has 1 aliphatic carbocycles. The molecule has 0 bridgehead atoms. The van der Waals surface area contributed by atoms with E-state index in [1.54, 1.807) is 17.9 Å². The van der Waals surface area contributed by atoms with E-state index in [2.05, 4.69) is 5.16 Å². The lowest BCUT2D eigenvalue weighted by Gasteiger charge is -2.13. The minimum Gasteiger partial charge on any atom is -0.361 e. The summed E-state index contributed by atoms with van der Waals surface area (Å²) in [7, 11) is 1.81. The fourth-order valence-corrected chi connectivity index (χ4v) is 1.28. The highest BCUT2D eigenvalue weighted by molar-refractivity contribution is 5.92. The van der Waals surface area contributed by atoms with E-state index in [1.165, 1.54) is 0 Å². The Balaban J connectivity index is 2.11. The van der Waals surface area contributed by atoms with Crippen LogP contribution in [0.4, 0.5) is 0 Å². The molecule has 1 saturated carbocycles. The predicted octanol–water partition coefficient (Wildman–Crippen LogP) is 1.22. The van der Waals surface area contributed by atoms with Crippen LogP contribution in [0.5, 0.6) is 0 Å². The summed E-state index contributed by atoms with van der Waals surface area (Å²) in [5.74, 6) is 0.631. The molecule has 1 aromatic rings. The minimum atomic E-state index is -0.0423. The first-order valence-corrected chi connectivity index (χ1v) is 4.39. The van der Waals surface area contributed by atoms with E-state index in [-0.39, 0.29) is 5.91 Å². The lowest BCUT2D eigenvalue weighted by molar-refractivity contribution is 0.0774. The van der Waals surface area contributed by atoms with Crippen LogP contribution < -0.4 is 0 Å². The summed E-state index contributed by atoms with van der Waals surface area (Å²) in [6.07, 6.45) is 2.22. The molecule has 0 unspecified atom stereocenters. The highest BCUT2D eigenvalue weighted by Gasteiger charge is 2.31. The molecule has 70 valence electrons. The molecule has 1 fully saturated rings. The van der Waals surface area contributed by atoms with Gasteiger partial charge in [0.1, 0.15) is 5.76 Å². The van der Waals surface area contributed by atoms with Gasteiger partial charge in [0.05, 0.1) is 0 Å². The minimum absolute atomic E-state index is 0.0423. The largest absolute Gasteiger partial charge is 0.361 e. The molecular formula is C9H12N2O2. The van der Waals surface area contributed by atoms with Gasteiger partial charge in [-0.15, -0.1) is 0 Å². The van der Waals surface area contributed by atoms with Gasteiger partial charge in [-0.1, -0.05) is 5.16 Å². The average molecular weight is 180 g/mol. The van der Waals surface area contributed by atoms with Crippen LogP contribution in [0.1, 0.15) is 29.1 Å². The Labute approximate surface area is 76.5 Å². The molecule has 1 aliphatic rings. The maximum Gasteiger partial charge on any atom is 0.276 e. The van der Waals surface area contributed by atoms with Crippen LogP contribution >= 0.6 is 0 Å². The van der Waals surface area contributed by atoms with Gasteiger partial charge in [0.15, 0.2) is 5.69 Å². The third-order valence-electron chi connectivity index (χ3n) is 2.26. The summed E-state index contributed by atoms with van der Waals surface area (Å²) in [5.41, 5.74) is 0.409. The highest BCUT2D eigenvalue weighted by atomic mass is 16.5. The Morgan fingerprint density at radius 2 is 2.38 bits per heavy atom. The number of hydrogen-bond acceptors (Lipinski definition) is 3. The quantitative estimate of drug-likeness (QED) is 0.687. The van der Waals surface area contributed by atoms with Gasteiger partial charge < -0.3 is 9.42 Å². The van der Waals surface area contributed by atoms with Crippen molar-refractivity contribution in [3.63, 3.8) is 0 Å². The molecule has 0 aromatic carbocycles. The summed E-state index contributed by atoms with van der Waals surface area (Å²) < 4.78 is 4.84. The van der Waals surface area contributed by atoms with E-state index < -0.39 is 0 Å². The summed E-state index contributed by atoms with van der Waals surface area (Å²) in [6.45, 7) is 1.78. The Hall–Kier alpha value is -1.32. The smallest absolute Gasteiger partial charge is 0.276 e. The van der Waals surface area contributed by atoms with Crippen LogP contribution in [-0.4, -0.2) is 29.1 Å². The number of carbonyl (C=O) groups is 1. The third kappa shape index (κ3) is 1.56. The normalized spacial score (nSPS) is 15.8. The molecule has 4 heteroatoms. The zero-order valence-electron chi connectivity index (χ0n) is 7.78. The van der Waals surface area contributed by atoms with E-state index in [0.29, 0.717) is 17.5 Å². The third-order valence-corrected chi connectivity index (χ3v) is 2.26. The second kappa shape index (κ2) is 2.87. The fraction of sp³-hybridized carbons (Fsp3) is 0.556. The molecule has 4 nitrogen and oxygen atoms in total. The highest BCUT2D eigenvalue weighted by Crippen LogP contribution is 2.26. The van der Waals surface area contributed by atoms with Crippen molar-refractivity contribution in [2.45, 2.75) is 25.8 Å². The van der Waals surface area contributed by atoms with Crippen molar-refractivity contribution in [3.8, 4) is 0 Å². The molecule has 13 heavy (non-hydrogen) atoms. The number of hydrogen-bond donors (Lipinski definition) is 0. The fourth-order valence-electron chi connectivity index (χ4n) is 1.28. The van der Waals surface area contributed by atoms with Crippen LogP contribution in [0.2, 0.25) is 0 Å². The molecule has 1 aromatic heterocycles. The van der Waals surface area contributed by atoms with Gasteiger partial charge in [0.25, 0.3) is 5.91 Å². The van der Waals surface area contributed by atoms with Gasteiger partial charge in [-0.3, -0.25) is 4.79 Å². The van der Waals surface area contributed by atoms with Gasteiger partial charge in [0.2, 0.25) is 0 Å². The molecule has 0 aliphatic heterocycles. The monoisotopic (exact) mass is 180 g/mol. The van der Waals surface area contributed by atoms with Crippen molar-refractivity contribution in [2.75, 3.05) is 7.05 Å². The maximum atomic E-state index is 11.6. The maximum absolute atomic E-state index is 11.6. The number of nitrogens with zero attached hydrogens (tertiary/aromatic N) is 2. The molecule has 0 saturated heterocycles. The van der Waals surface area contributed by atoms with Crippen LogP contribution in [-0.2, 0) is 0 Å². The summed E-state index contributed by atoms with van der Waals surface area (Å²) in [6, 6.07) is 2.09. The second-order valence-electron chi connectivity index (χ2n) is 3.47. The summed E-state index contributed by atoms with van der Waals surface area (Å²) in [5, 5.41) is 3.68. The van der Waals surface area contributed by atoms with Crippen LogP contribution in [0.3, 0.4) is 0 Å². The molecule has 0 radical (unpaired) electrons. The lowest BCUT2D eigenvalue weighted by atomic mass is 10.3. The Morgan fingerprint density at radius 3 is 2.85 bits per heavy atom. The number of carbonyl (C=O) groups excluding carboxylic acids is 1. The van der Waals surface area contributed by atoms with E-state index in [4.69, 9.17) is 4.52 Å². The van der Waals surface area contributed by atoms with Gasteiger partial charge in [-0.05, 0) is 19.8 Å². The van der Waals surface area contributed by atoms with Crippen molar-refractivity contribution in [1.82, 2.24) is 10.1 Å². The second-order valence-corrected chi connectivity index (χ2v) is 3.47. The molecule has 0 spiro atoms. The van der Waals surface area contributed by atoms with Gasteiger partial charge in [0, 0.05) is 19.2 Å². The Kier molecular flexibility index (Phi) is 1.83. The first kappa shape index (κ1) is 8.29. The van der Waals surface area contributed by atoms with Crippen molar-refractivity contribution in [3.05, 3.63) is 17.5 Å². The zero-order chi connectivity index (χ0) is 9.42. The van der Waals surface area contributed by atoms with Crippen molar-refractivity contribution >= 4 is 5.91 Å². The summed E-state index contributed by atoms with van der Waals surface area (Å²) >= 11 is 0. The predicted molar refractivity (Wildman–Crippen MR) is 46.4 cm³/mol. The molecule has 0 N–H and O–H groups in total. The van der Waals surface area contributed by atoms with Gasteiger partial charge >= 0.3 is 0 Å². The molecule has 0 atom stereocenters.